The molecule has 2 rings (SSSR count). The fraction of sp³-hybridized carbons (Fsp3) is 0.579. The van der Waals surface area contributed by atoms with Crippen molar-refractivity contribution in [3.63, 3.8) is 0 Å². The maximum absolute atomic E-state index is 13.2. The first-order chi connectivity index (χ1) is 13.1. The van der Waals surface area contributed by atoms with Crippen LogP contribution in [0.25, 0.3) is 0 Å². The zero-order chi connectivity index (χ0) is 21.1. The third-order valence-corrected chi connectivity index (χ3v) is 5.24. The Hall–Kier alpha value is -2.68. The number of hydrogen-bond acceptors (Lipinski definition) is 5. The van der Waals surface area contributed by atoms with Crippen LogP contribution < -0.4 is 11.1 Å². The molecule has 28 heavy (non-hydrogen) atoms. The Labute approximate surface area is 164 Å². The molecule has 1 aliphatic heterocycles. The zero-order valence-electron chi connectivity index (χ0n) is 16.7. The summed E-state index contributed by atoms with van der Waals surface area (Å²) >= 11 is 0. The minimum atomic E-state index is -1.19. The number of aromatic amines is 1. The van der Waals surface area contributed by atoms with Crippen LogP contribution in [0.5, 0.6) is 0 Å². The van der Waals surface area contributed by atoms with E-state index in [1.54, 1.807) is 12.3 Å². The highest BCUT2D eigenvalue weighted by atomic mass is 16.5. The van der Waals surface area contributed by atoms with Crippen LogP contribution in [0.1, 0.15) is 44.0 Å². The van der Waals surface area contributed by atoms with Crippen LogP contribution in [0.15, 0.2) is 18.5 Å². The van der Waals surface area contributed by atoms with Crippen LogP contribution >= 0.6 is 0 Å². The molecule has 0 aromatic carbocycles. The molecule has 0 saturated carbocycles. The smallest absolute Gasteiger partial charge is 0.253 e. The number of ketones is 1. The van der Waals surface area contributed by atoms with Crippen molar-refractivity contribution in [2.75, 3.05) is 13.7 Å². The Bertz CT molecular complexity index is 744. The third kappa shape index (κ3) is 4.78. The topological polar surface area (TPSA) is 135 Å². The highest BCUT2D eigenvalue weighted by Gasteiger charge is 2.45. The number of ether oxygens (including phenoxy) is 1. The molecule has 0 bridgehead atoms. The van der Waals surface area contributed by atoms with Gasteiger partial charge in [-0.05, 0) is 17.9 Å². The molecular weight excluding hydrogens is 364 g/mol. The summed E-state index contributed by atoms with van der Waals surface area (Å²) in [6.07, 6.45) is 3.10. The van der Waals surface area contributed by atoms with E-state index < -0.39 is 41.7 Å². The Morgan fingerprint density at radius 2 is 2.11 bits per heavy atom. The number of Topliss-reactive ketones (excluding diaryl/α,β-unsaturated/α-hetero) is 1. The molecule has 2 unspecified atom stereocenters. The van der Waals surface area contributed by atoms with Gasteiger partial charge in [0, 0.05) is 19.4 Å². The van der Waals surface area contributed by atoms with Gasteiger partial charge in [-0.25, -0.2) is 0 Å². The van der Waals surface area contributed by atoms with Crippen molar-refractivity contribution in [1.82, 2.24) is 15.2 Å². The predicted molar refractivity (Wildman–Crippen MR) is 101 cm³/mol. The number of rotatable bonds is 8. The Morgan fingerprint density at radius 1 is 1.43 bits per heavy atom. The molecule has 2 heterocycles. The van der Waals surface area contributed by atoms with Gasteiger partial charge < -0.3 is 25.7 Å². The number of carbonyl (C=O) groups is 4. The van der Waals surface area contributed by atoms with E-state index in [4.69, 9.17) is 10.5 Å². The summed E-state index contributed by atoms with van der Waals surface area (Å²) < 4.78 is 5.14. The molecule has 1 aromatic heterocycles. The summed E-state index contributed by atoms with van der Waals surface area (Å²) in [4.78, 5) is 53.4. The van der Waals surface area contributed by atoms with Gasteiger partial charge in [-0.1, -0.05) is 27.2 Å². The molecule has 4 N–H and O–H groups in total. The lowest BCUT2D eigenvalue weighted by Crippen LogP contribution is -2.56. The van der Waals surface area contributed by atoms with Gasteiger partial charge in [0.05, 0.1) is 5.56 Å². The van der Waals surface area contributed by atoms with Gasteiger partial charge >= 0.3 is 0 Å². The van der Waals surface area contributed by atoms with Gasteiger partial charge in [-0.3, -0.25) is 19.2 Å². The van der Waals surface area contributed by atoms with E-state index >= 15 is 0 Å². The van der Waals surface area contributed by atoms with Crippen molar-refractivity contribution in [3.05, 3.63) is 24.0 Å². The number of nitrogens with zero attached hydrogens (tertiary/aromatic N) is 1. The number of carbonyl (C=O) groups excluding carboxylic acids is 4. The SMILES string of the molecule is CCC(C)(C)C[C@H](NC(=O)c1cc[nH]c1)C(=O)N(C)C1C(=O)COC1C(N)=O. The Kier molecular flexibility index (Phi) is 6.60. The van der Waals surface area contributed by atoms with Gasteiger partial charge in [0.1, 0.15) is 18.7 Å². The van der Waals surface area contributed by atoms with Crippen LogP contribution in [-0.4, -0.2) is 65.2 Å². The Balaban J connectivity index is 2.25. The van der Waals surface area contributed by atoms with Crippen molar-refractivity contribution in [3.8, 4) is 0 Å². The maximum atomic E-state index is 13.2. The molecule has 1 aliphatic rings. The van der Waals surface area contributed by atoms with E-state index in [0.29, 0.717) is 12.0 Å². The van der Waals surface area contributed by atoms with Crippen LogP contribution in [-0.2, 0) is 19.1 Å². The van der Waals surface area contributed by atoms with E-state index in [1.165, 1.54) is 18.1 Å². The normalized spacial score (nSPS) is 20.6. The summed E-state index contributed by atoms with van der Waals surface area (Å²) in [5.74, 6) is -2.08. The standard InChI is InChI=1S/C19H28N4O5/c1-5-19(2,3)8-12(22-17(26)11-6-7-21-9-11)18(27)23(4)14-13(24)10-28-15(14)16(20)25/h6-7,9,12,14-15,21H,5,8,10H2,1-4H3,(H2,20,25)(H,22,26)/t12-,14?,15?/m0/s1. The number of likely N-dealkylation sites (N-methyl/N-ethyl adjacent to an activating group) is 1. The zero-order valence-corrected chi connectivity index (χ0v) is 16.7. The fourth-order valence-electron chi connectivity index (χ4n) is 3.16. The lowest BCUT2D eigenvalue weighted by Gasteiger charge is -2.33. The van der Waals surface area contributed by atoms with Crippen LogP contribution in [0.4, 0.5) is 0 Å². The number of aromatic nitrogens is 1. The van der Waals surface area contributed by atoms with Crippen LogP contribution in [0.3, 0.4) is 0 Å². The molecule has 3 atom stereocenters. The number of primary amides is 1. The average Bonchev–Trinajstić information content (AvgIpc) is 3.29. The molecule has 3 amide bonds. The van der Waals surface area contributed by atoms with E-state index in [9.17, 15) is 19.2 Å². The monoisotopic (exact) mass is 392 g/mol. The van der Waals surface area contributed by atoms with E-state index in [2.05, 4.69) is 10.3 Å². The molecule has 154 valence electrons. The molecule has 0 radical (unpaired) electrons. The lowest BCUT2D eigenvalue weighted by atomic mass is 9.82. The molecule has 9 heteroatoms. The van der Waals surface area contributed by atoms with Crippen LogP contribution in [0.2, 0.25) is 0 Å². The van der Waals surface area contributed by atoms with Gasteiger partial charge in [-0.2, -0.15) is 0 Å². The maximum Gasteiger partial charge on any atom is 0.253 e. The minimum Gasteiger partial charge on any atom is -0.367 e. The predicted octanol–water partition coefficient (Wildman–Crippen LogP) is 0.220. The van der Waals surface area contributed by atoms with Gasteiger partial charge in [0.2, 0.25) is 11.8 Å². The summed E-state index contributed by atoms with van der Waals surface area (Å²) in [7, 11) is 1.42. The Morgan fingerprint density at radius 3 is 2.64 bits per heavy atom. The second kappa shape index (κ2) is 8.55. The highest BCUT2D eigenvalue weighted by molar-refractivity contribution is 6.00. The minimum absolute atomic E-state index is 0.230. The second-order valence-corrected chi connectivity index (χ2v) is 7.84. The van der Waals surface area contributed by atoms with Gasteiger partial charge in [-0.15, -0.1) is 0 Å². The summed E-state index contributed by atoms with van der Waals surface area (Å²) in [5, 5.41) is 2.75. The molecule has 9 nitrogen and oxygen atoms in total. The molecular formula is C19H28N4O5. The van der Waals surface area contributed by atoms with E-state index in [-0.39, 0.29) is 12.0 Å². The summed E-state index contributed by atoms with van der Waals surface area (Å²) in [6.45, 7) is 5.70. The van der Waals surface area contributed by atoms with Crippen molar-refractivity contribution >= 4 is 23.5 Å². The molecule has 0 aliphatic carbocycles. The molecule has 1 fully saturated rings. The van der Waals surface area contributed by atoms with Crippen LogP contribution in [0, 0.1) is 5.41 Å². The first-order valence-corrected chi connectivity index (χ1v) is 9.21. The van der Waals surface area contributed by atoms with Crippen molar-refractivity contribution in [1.29, 1.82) is 0 Å². The van der Waals surface area contributed by atoms with E-state index in [1.807, 2.05) is 20.8 Å². The number of hydrogen-bond donors (Lipinski definition) is 3. The first-order valence-electron chi connectivity index (χ1n) is 9.21. The van der Waals surface area contributed by atoms with Crippen molar-refractivity contribution in [2.24, 2.45) is 11.1 Å². The molecule has 1 aromatic rings. The first kappa shape index (κ1) is 21.6. The second-order valence-electron chi connectivity index (χ2n) is 7.84. The number of nitrogens with one attached hydrogen (secondary N) is 2. The summed E-state index contributed by atoms with van der Waals surface area (Å²) in [6, 6.07) is -0.367. The van der Waals surface area contributed by atoms with Crippen molar-refractivity contribution < 1.29 is 23.9 Å². The average molecular weight is 392 g/mol. The van der Waals surface area contributed by atoms with Gasteiger partial charge in [0.25, 0.3) is 5.91 Å². The van der Waals surface area contributed by atoms with E-state index in [0.717, 1.165) is 6.42 Å². The number of amides is 3. The quantitative estimate of drug-likeness (QED) is 0.582. The number of H-pyrrole nitrogens is 1. The largest absolute Gasteiger partial charge is 0.367 e. The van der Waals surface area contributed by atoms with Crippen molar-refractivity contribution in [2.45, 2.75) is 51.8 Å². The third-order valence-electron chi connectivity index (χ3n) is 5.24. The molecule has 1 saturated heterocycles. The highest BCUT2D eigenvalue weighted by Crippen LogP contribution is 2.28. The fourth-order valence-corrected chi connectivity index (χ4v) is 3.16. The summed E-state index contributed by atoms with van der Waals surface area (Å²) in [5.41, 5.74) is 5.47. The van der Waals surface area contributed by atoms with Gasteiger partial charge in [0.15, 0.2) is 11.9 Å². The molecule has 0 spiro atoms. The lowest BCUT2D eigenvalue weighted by molar-refractivity contribution is -0.141. The number of nitrogens with two attached hydrogens (primary N) is 1.